The molecule has 0 aliphatic carbocycles. The van der Waals surface area contributed by atoms with Crippen molar-refractivity contribution in [2.75, 3.05) is 5.32 Å². The maximum Gasteiger partial charge on any atom is 0.149 e. The first-order valence-electron chi connectivity index (χ1n) is 5.66. The molecule has 1 heterocycles. The SMILES string of the molecule is Fc1cccc2c(Nc3ccccc3Br)ncnc12. The first-order valence-corrected chi connectivity index (χ1v) is 6.46. The summed E-state index contributed by atoms with van der Waals surface area (Å²) < 4.78 is 14.6. The largest absolute Gasteiger partial charge is 0.339 e. The van der Waals surface area contributed by atoms with Gasteiger partial charge < -0.3 is 5.32 Å². The van der Waals surface area contributed by atoms with Gasteiger partial charge in [0.1, 0.15) is 23.5 Å². The number of para-hydroxylation sites is 2. The van der Waals surface area contributed by atoms with Gasteiger partial charge >= 0.3 is 0 Å². The number of fused-ring (bicyclic) bond motifs is 1. The Morgan fingerprint density at radius 1 is 1.00 bits per heavy atom. The Kier molecular flexibility index (Phi) is 3.13. The molecule has 5 heteroatoms. The molecule has 94 valence electrons. The number of rotatable bonds is 2. The average Bonchev–Trinajstić information content (AvgIpc) is 2.42. The van der Waals surface area contributed by atoms with Crippen LogP contribution in [0, 0.1) is 5.82 Å². The summed E-state index contributed by atoms with van der Waals surface area (Å²) in [6.45, 7) is 0. The summed E-state index contributed by atoms with van der Waals surface area (Å²) in [5.74, 6) is 0.228. The lowest BCUT2D eigenvalue weighted by Crippen LogP contribution is -1.97. The minimum absolute atomic E-state index is 0.312. The Bertz CT molecular complexity index is 746. The Balaban J connectivity index is 2.12. The van der Waals surface area contributed by atoms with Crippen molar-refractivity contribution in [2.45, 2.75) is 0 Å². The van der Waals surface area contributed by atoms with E-state index in [2.05, 4.69) is 31.2 Å². The molecule has 3 aromatic rings. The fraction of sp³-hybridized carbons (Fsp3) is 0. The van der Waals surface area contributed by atoms with Gasteiger partial charge in [0.05, 0.1) is 5.69 Å². The molecule has 0 unspecified atom stereocenters. The minimum atomic E-state index is -0.352. The van der Waals surface area contributed by atoms with Crippen LogP contribution in [0.15, 0.2) is 53.3 Å². The molecule has 1 N–H and O–H groups in total. The molecular weight excluding hydrogens is 309 g/mol. The third kappa shape index (κ3) is 2.29. The lowest BCUT2D eigenvalue weighted by Gasteiger charge is -2.09. The molecule has 0 aliphatic rings. The molecule has 0 atom stereocenters. The summed E-state index contributed by atoms with van der Waals surface area (Å²) in [5, 5.41) is 3.83. The van der Waals surface area contributed by atoms with Crippen LogP contribution in [0.5, 0.6) is 0 Å². The average molecular weight is 318 g/mol. The number of nitrogens with zero attached hydrogens (tertiary/aromatic N) is 2. The van der Waals surface area contributed by atoms with E-state index >= 15 is 0 Å². The van der Waals surface area contributed by atoms with Crippen LogP contribution in [-0.4, -0.2) is 9.97 Å². The summed E-state index contributed by atoms with van der Waals surface area (Å²) in [4.78, 5) is 8.14. The number of halogens is 2. The van der Waals surface area contributed by atoms with Crippen molar-refractivity contribution in [2.24, 2.45) is 0 Å². The van der Waals surface area contributed by atoms with Gasteiger partial charge in [-0.25, -0.2) is 14.4 Å². The molecule has 3 rings (SSSR count). The quantitative estimate of drug-likeness (QED) is 0.766. The third-order valence-corrected chi connectivity index (χ3v) is 3.43. The van der Waals surface area contributed by atoms with Gasteiger partial charge in [-0.05, 0) is 40.2 Å². The van der Waals surface area contributed by atoms with Crippen molar-refractivity contribution in [3.8, 4) is 0 Å². The summed E-state index contributed by atoms with van der Waals surface area (Å²) in [6, 6.07) is 12.5. The third-order valence-electron chi connectivity index (χ3n) is 2.74. The van der Waals surface area contributed by atoms with Crippen molar-refractivity contribution < 1.29 is 4.39 Å². The molecule has 3 nitrogen and oxygen atoms in total. The molecule has 0 amide bonds. The van der Waals surface area contributed by atoms with Crippen molar-refractivity contribution >= 4 is 38.3 Å². The molecule has 0 radical (unpaired) electrons. The Morgan fingerprint density at radius 3 is 2.68 bits per heavy atom. The van der Waals surface area contributed by atoms with Gasteiger partial charge in [0.15, 0.2) is 0 Å². The highest BCUT2D eigenvalue weighted by molar-refractivity contribution is 9.10. The van der Waals surface area contributed by atoms with Gasteiger partial charge in [-0.1, -0.05) is 18.2 Å². The highest BCUT2D eigenvalue weighted by Gasteiger charge is 2.08. The van der Waals surface area contributed by atoms with Crippen molar-refractivity contribution in [3.05, 3.63) is 59.1 Å². The fourth-order valence-corrected chi connectivity index (χ4v) is 2.23. The smallest absolute Gasteiger partial charge is 0.149 e. The van der Waals surface area contributed by atoms with Gasteiger partial charge in [0, 0.05) is 9.86 Å². The van der Waals surface area contributed by atoms with Crippen LogP contribution >= 0.6 is 15.9 Å². The second kappa shape index (κ2) is 4.93. The van der Waals surface area contributed by atoms with Gasteiger partial charge in [0.25, 0.3) is 0 Å². The van der Waals surface area contributed by atoms with Gasteiger partial charge in [0.2, 0.25) is 0 Å². The highest BCUT2D eigenvalue weighted by Crippen LogP contribution is 2.28. The van der Waals surface area contributed by atoms with Crippen molar-refractivity contribution in [3.63, 3.8) is 0 Å². The Morgan fingerprint density at radius 2 is 1.84 bits per heavy atom. The molecule has 0 saturated carbocycles. The van der Waals surface area contributed by atoms with Crippen molar-refractivity contribution in [1.29, 1.82) is 0 Å². The number of anilines is 2. The van der Waals surface area contributed by atoms with E-state index in [1.807, 2.05) is 24.3 Å². The highest BCUT2D eigenvalue weighted by atomic mass is 79.9. The Labute approximate surface area is 117 Å². The van der Waals surface area contributed by atoms with Crippen LogP contribution in [0.3, 0.4) is 0 Å². The molecule has 0 saturated heterocycles. The Hall–Kier alpha value is -2.01. The summed E-state index contributed by atoms with van der Waals surface area (Å²) in [6.07, 6.45) is 1.35. The van der Waals surface area contributed by atoms with E-state index in [0.717, 1.165) is 10.2 Å². The predicted molar refractivity (Wildman–Crippen MR) is 76.9 cm³/mol. The van der Waals surface area contributed by atoms with E-state index in [4.69, 9.17) is 0 Å². The number of aromatic nitrogens is 2. The first-order chi connectivity index (χ1) is 9.25. The molecule has 0 bridgehead atoms. The molecule has 19 heavy (non-hydrogen) atoms. The van der Waals surface area contributed by atoms with E-state index in [9.17, 15) is 4.39 Å². The van der Waals surface area contributed by atoms with E-state index in [1.165, 1.54) is 12.4 Å². The number of benzene rings is 2. The number of nitrogens with one attached hydrogen (secondary N) is 1. The predicted octanol–water partition coefficient (Wildman–Crippen LogP) is 4.28. The van der Waals surface area contributed by atoms with E-state index in [-0.39, 0.29) is 5.82 Å². The minimum Gasteiger partial charge on any atom is -0.339 e. The molecule has 0 fully saturated rings. The normalized spacial score (nSPS) is 10.6. The number of hydrogen-bond donors (Lipinski definition) is 1. The summed E-state index contributed by atoms with van der Waals surface area (Å²) in [5.41, 5.74) is 1.18. The van der Waals surface area contributed by atoms with Crippen LogP contribution in [0.4, 0.5) is 15.9 Å². The first kappa shape index (κ1) is 12.0. The van der Waals surface area contributed by atoms with Crippen LogP contribution in [-0.2, 0) is 0 Å². The van der Waals surface area contributed by atoms with Gasteiger partial charge in [-0.2, -0.15) is 0 Å². The molecule has 0 aliphatic heterocycles. The zero-order valence-corrected chi connectivity index (χ0v) is 11.4. The van der Waals surface area contributed by atoms with E-state index in [0.29, 0.717) is 16.7 Å². The van der Waals surface area contributed by atoms with Crippen LogP contribution in [0.1, 0.15) is 0 Å². The monoisotopic (exact) mass is 317 g/mol. The maximum absolute atomic E-state index is 13.7. The standard InChI is InChI=1S/C14H9BrFN3/c15-10-5-1-2-7-12(10)19-14-9-4-3-6-11(16)13(9)17-8-18-14/h1-8H,(H,17,18,19). The molecule has 2 aromatic carbocycles. The second-order valence-electron chi connectivity index (χ2n) is 3.96. The van der Waals surface area contributed by atoms with E-state index < -0.39 is 0 Å². The van der Waals surface area contributed by atoms with Gasteiger partial charge in [-0.15, -0.1) is 0 Å². The lowest BCUT2D eigenvalue weighted by molar-refractivity contribution is 0.636. The molecular formula is C14H9BrFN3. The van der Waals surface area contributed by atoms with E-state index in [1.54, 1.807) is 12.1 Å². The zero-order chi connectivity index (χ0) is 13.2. The lowest BCUT2D eigenvalue weighted by atomic mass is 10.2. The topological polar surface area (TPSA) is 37.8 Å². The molecule has 0 spiro atoms. The molecule has 1 aromatic heterocycles. The fourth-order valence-electron chi connectivity index (χ4n) is 1.84. The van der Waals surface area contributed by atoms with Crippen LogP contribution in [0.2, 0.25) is 0 Å². The van der Waals surface area contributed by atoms with Gasteiger partial charge in [-0.3, -0.25) is 0 Å². The summed E-state index contributed by atoms with van der Waals surface area (Å²) in [7, 11) is 0. The summed E-state index contributed by atoms with van der Waals surface area (Å²) >= 11 is 3.45. The zero-order valence-electron chi connectivity index (χ0n) is 9.77. The van der Waals surface area contributed by atoms with Crippen LogP contribution < -0.4 is 5.32 Å². The number of hydrogen-bond acceptors (Lipinski definition) is 3. The second-order valence-corrected chi connectivity index (χ2v) is 4.82. The van der Waals surface area contributed by atoms with Crippen LogP contribution in [0.25, 0.3) is 10.9 Å². The van der Waals surface area contributed by atoms with Crippen molar-refractivity contribution in [1.82, 2.24) is 9.97 Å². The maximum atomic E-state index is 13.7.